The van der Waals surface area contributed by atoms with Crippen molar-refractivity contribution < 1.29 is 35.5 Å². The minimum atomic E-state index is -4.72. The van der Waals surface area contributed by atoms with Crippen LogP contribution in [0.4, 0.5) is 13.2 Å². The van der Waals surface area contributed by atoms with Crippen LogP contribution in [-0.2, 0) is 20.9 Å². The van der Waals surface area contributed by atoms with E-state index in [4.69, 9.17) is 0 Å². The highest BCUT2D eigenvalue weighted by Crippen LogP contribution is 2.34. The van der Waals surface area contributed by atoms with Crippen LogP contribution < -0.4 is 0 Å². The second kappa shape index (κ2) is 7.20. The number of carbonyl (C=O) groups excluding carboxylic acids is 1. The van der Waals surface area contributed by atoms with Gasteiger partial charge in [-0.3, -0.25) is 0 Å². The van der Waals surface area contributed by atoms with Crippen molar-refractivity contribution in [3.05, 3.63) is 28.1 Å². The standard InChI is InChI=1S/C14H14F3N3O5S2/c1-24-12(21)10-9(4-7-26-10)27(22,23)20-5-2-8(3-6-20)11-18-19-13(25-11)14(15,16)17/h4,7-8H,2-3,5-6H2,1H3. The summed E-state index contributed by atoms with van der Waals surface area (Å²) in [4.78, 5) is 11.6. The van der Waals surface area contributed by atoms with Crippen LogP contribution in [0.2, 0.25) is 0 Å². The van der Waals surface area contributed by atoms with E-state index in [9.17, 15) is 26.4 Å². The van der Waals surface area contributed by atoms with Crippen molar-refractivity contribution in [3.8, 4) is 0 Å². The molecule has 148 valence electrons. The molecule has 0 unspecified atom stereocenters. The van der Waals surface area contributed by atoms with Gasteiger partial charge < -0.3 is 9.15 Å². The van der Waals surface area contributed by atoms with E-state index < -0.39 is 34.0 Å². The third-order valence-electron chi connectivity index (χ3n) is 4.10. The molecule has 0 aliphatic carbocycles. The summed E-state index contributed by atoms with van der Waals surface area (Å²) < 4.78 is 73.7. The second-order valence-electron chi connectivity index (χ2n) is 5.73. The van der Waals surface area contributed by atoms with Crippen molar-refractivity contribution in [2.75, 3.05) is 20.2 Å². The third kappa shape index (κ3) is 3.84. The molecule has 1 saturated heterocycles. The first-order valence-electron chi connectivity index (χ1n) is 7.71. The lowest BCUT2D eigenvalue weighted by molar-refractivity contribution is -0.157. The van der Waals surface area contributed by atoms with Crippen molar-refractivity contribution in [1.29, 1.82) is 0 Å². The highest BCUT2D eigenvalue weighted by molar-refractivity contribution is 7.89. The van der Waals surface area contributed by atoms with E-state index in [0.29, 0.717) is 0 Å². The molecule has 0 N–H and O–H groups in total. The van der Waals surface area contributed by atoms with E-state index in [0.717, 1.165) is 18.4 Å². The van der Waals surface area contributed by atoms with E-state index in [1.165, 1.54) is 15.8 Å². The van der Waals surface area contributed by atoms with E-state index >= 15 is 0 Å². The molecule has 0 bridgehead atoms. The number of aromatic nitrogens is 2. The van der Waals surface area contributed by atoms with Gasteiger partial charge >= 0.3 is 18.0 Å². The summed E-state index contributed by atoms with van der Waals surface area (Å²) in [6.07, 6.45) is -4.29. The maximum atomic E-state index is 12.8. The molecule has 2 aromatic rings. The third-order valence-corrected chi connectivity index (χ3v) is 7.07. The van der Waals surface area contributed by atoms with Gasteiger partial charge in [-0.1, -0.05) is 0 Å². The summed E-state index contributed by atoms with van der Waals surface area (Å²) in [6.45, 7) is 0.0976. The van der Waals surface area contributed by atoms with Gasteiger partial charge in [0.15, 0.2) is 0 Å². The van der Waals surface area contributed by atoms with Crippen molar-refractivity contribution in [3.63, 3.8) is 0 Å². The van der Waals surface area contributed by atoms with Crippen LogP contribution in [0, 0.1) is 0 Å². The fraction of sp³-hybridized carbons (Fsp3) is 0.500. The predicted octanol–water partition coefficient (Wildman–Crippen LogP) is 2.50. The van der Waals surface area contributed by atoms with E-state index in [1.54, 1.807) is 0 Å². The first kappa shape index (κ1) is 19.8. The number of rotatable bonds is 4. The number of carbonyl (C=O) groups is 1. The van der Waals surface area contributed by atoms with Gasteiger partial charge in [0.1, 0.15) is 9.77 Å². The Morgan fingerprint density at radius 2 is 2.00 bits per heavy atom. The molecule has 0 atom stereocenters. The molecule has 13 heteroatoms. The van der Waals surface area contributed by atoms with Crippen LogP contribution >= 0.6 is 11.3 Å². The lowest BCUT2D eigenvalue weighted by Crippen LogP contribution is -2.38. The molecule has 0 aromatic carbocycles. The molecule has 2 aromatic heterocycles. The van der Waals surface area contributed by atoms with E-state index in [2.05, 4.69) is 19.4 Å². The zero-order chi connectivity index (χ0) is 19.8. The number of thiophene rings is 1. The molecule has 8 nitrogen and oxygen atoms in total. The SMILES string of the molecule is COC(=O)c1sccc1S(=O)(=O)N1CCC(c2nnc(C(F)(F)F)o2)CC1. The molecule has 0 amide bonds. The van der Waals surface area contributed by atoms with Crippen LogP contribution in [0.25, 0.3) is 0 Å². The monoisotopic (exact) mass is 425 g/mol. The van der Waals surface area contributed by atoms with Crippen LogP contribution in [0.5, 0.6) is 0 Å². The Bertz CT molecular complexity index is 930. The Kier molecular flexibility index (Phi) is 5.27. The van der Waals surface area contributed by atoms with Gasteiger partial charge in [-0.25, -0.2) is 13.2 Å². The molecule has 27 heavy (non-hydrogen) atoms. The Morgan fingerprint density at radius 3 is 2.56 bits per heavy atom. The zero-order valence-corrected chi connectivity index (χ0v) is 15.5. The van der Waals surface area contributed by atoms with Crippen molar-refractivity contribution in [2.24, 2.45) is 0 Å². The van der Waals surface area contributed by atoms with Gasteiger partial charge in [-0.05, 0) is 24.3 Å². The van der Waals surface area contributed by atoms with Gasteiger partial charge in [-0.15, -0.1) is 21.5 Å². The van der Waals surface area contributed by atoms with Gasteiger partial charge in [0.25, 0.3) is 0 Å². The molecule has 1 fully saturated rings. The average Bonchev–Trinajstić information content (AvgIpc) is 3.30. The quantitative estimate of drug-likeness (QED) is 0.694. The van der Waals surface area contributed by atoms with E-state index in [-0.39, 0.29) is 41.6 Å². The minimum Gasteiger partial charge on any atom is -0.465 e. The molecular weight excluding hydrogens is 411 g/mol. The molecule has 0 spiro atoms. The molecule has 1 aliphatic heterocycles. The lowest BCUT2D eigenvalue weighted by Gasteiger charge is -2.29. The van der Waals surface area contributed by atoms with Gasteiger partial charge in [0.05, 0.1) is 7.11 Å². The Hall–Kier alpha value is -1.99. The summed E-state index contributed by atoms with van der Waals surface area (Å²) in [6, 6.07) is 1.33. The molecule has 1 aliphatic rings. The largest absolute Gasteiger partial charge is 0.470 e. The maximum Gasteiger partial charge on any atom is 0.470 e. The minimum absolute atomic E-state index is 0.0219. The van der Waals surface area contributed by atoms with Gasteiger partial charge in [-0.2, -0.15) is 17.5 Å². The smallest absolute Gasteiger partial charge is 0.465 e. The maximum absolute atomic E-state index is 12.8. The number of sulfonamides is 1. The first-order chi connectivity index (χ1) is 12.6. The number of ether oxygens (including phenoxy) is 1. The number of hydrogen-bond acceptors (Lipinski definition) is 8. The summed E-state index contributed by atoms with van der Waals surface area (Å²) in [5, 5.41) is 7.89. The fourth-order valence-corrected chi connectivity index (χ4v) is 5.52. The molecular formula is C14H14F3N3O5S2. The fourth-order valence-electron chi connectivity index (χ4n) is 2.74. The topological polar surface area (TPSA) is 103 Å². The number of alkyl halides is 3. The van der Waals surface area contributed by atoms with Crippen LogP contribution in [0.1, 0.15) is 40.2 Å². The van der Waals surface area contributed by atoms with Gasteiger partial charge in [0.2, 0.25) is 15.9 Å². The number of piperidine rings is 1. The molecule has 0 radical (unpaired) electrons. The number of methoxy groups -OCH3 is 1. The van der Waals surface area contributed by atoms with Crippen LogP contribution in [0.15, 0.2) is 20.8 Å². The number of halogens is 3. The molecule has 3 rings (SSSR count). The highest BCUT2D eigenvalue weighted by atomic mass is 32.2. The van der Waals surface area contributed by atoms with Crippen molar-refractivity contribution >= 4 is 27.3 Å². The van der Waals surface area contributed by atoms with Crippen LogP contribution in [-0.4, -0.2) is 49.1 Å². The second-order valence-corrected chi connectivity index (χ2v) is 8.55. The molecule has 0 saturated carbocycles. The number of hydrogen-bond donors (Lipinski definition) is 0. The lowest BCUT2D eigenvalue weighted by atomic mass is 9.98. The predicted molar refractivity (Wildman–Crippen MR) is 85.7 cm³/mol. The number of esters is 1. The Morgan fingerprint density at radius 1 is 1.33 bits per heavy atom. The first-order valence-corrected chi connectivity index (χ1v) is 10.0. The average molecular weight is 425 g/mol. The summed E-state index contributed by atoms with van der Waals surface area (Å²) >= 11 is 0.955. The number of nitrogens with zero attached hydrogens (tertiary/aromatic N) is 3. The van der Waals surface area contributed by atoms with Crippen molar-refractivity contribution in [2.45, 2.75) is 29.8 Å². The zero-order valence-electron chi connectivity index (χ0n) is 13.9. The summed E-state index contributed by atoms with van der Waals surface area (Å²) in [5.41, 5.74) is 0. The Labute approximate surface area is 156 Å². The highest BCUT2D eigenvalue weighted by Gasteiger charge is 2.40. The van der Waals surface area contributed by atoms with Gasteiger partial charge in [0, 0.05) is 19.0 Å². The van der Waals surface area contributed by atoms with Crippen LogP contribution in [0.3, 0.4) is 0 Å². The van der Waals surface area contributed by atoms with E-state index in [1.807, 2.05) is 0 Å². The molecule has 3 heterocycles. The normalized spacial score (nSPS) is 17.2. The van der Waals surface area contributed by atoms with Crippen molar-refractivity contribution in [1.82, 2.24) is 14.5 Å². The summed E-state index contributed by atoms with van der Waals surface area (Å²) in [5.74, 6) is -2.80. The summed E-state index contributed by atoms with van der Waals surface area (Å²) in [7, 11) is -2.78. The Balaban J connectivity index is 1.73.